The lowest BCUT2D eigenvalue weighted by Gasteiger charge is -2.29. The number of fused-ring (bicyclic) bond motifs is 1. The predicted molar refractivity (Wildman–Crippen MR) is 72.4 cm³/mol. The third kappa shape index (κ3) is 1.92. The summed E-state index contributed by atoms with van der Waals surface area (Å²) in [5.41, 5.74) is 0.178. The maximum absolute atomic E-state index is 10.8. The Morgan fingerprint density at radius 3 is 2.67 bits per heavy atom. The fraction of sp³-hybridized carbons (Fsp3) is 0.375. The fourth-order valence-electron chi connectivity index (χ4n) is 2.72. The Morgan fingerprint density at radius 2 is 1.94 bits per heavy atom. The summed E-state index contributed by atoms with van der Waals surface area (Å²) in [6.07, 6.45) is 0.930. The van der Waals surface area contributed by atoms with Gasteiger partial charge < -0.3 is 9.84 Å². The molecule has 1 heterocycles. The van der Waals surface area contributed by atoms with Crippen LogP contribution in [0, 0.1) is 5.92 Å². The number of ether oxygens (including phenoxy) is 1. The van der Waals surface area contributed by atoms with Gasteiger partial charge in [-0.25, -0.2) is 0 Å². The summed E-state index contributed by atoms with van der Waals surface area (Å²) >= 11 is 0. The molecule has 2 atom stereocenters. The van der Waals surface area contributed by atoms with Crippen LogP contribution in [0.2, 0.25) is 0 Å². The van der Waals surface area contributed by atoms with Crippen molar-refractivity contribution in [3.05, 3.63) is 48.0 Å². The smallest absolute Gasteiger partial charge is 0.0919 e. The fourth-order valence-corrected chi connectivity index (χ4v) is 2.72. The normalized spacial score (nSPS) is 23.1. The summed E-state index contributed by atoms with van der Waals surface area (Å²) in [6, 6.07) is 14.4. The van der Waals surface area contributed by atoms with E-state index in [2.05, 4.69) is 24.3 Å². The van der Waals surface area contributed by atoms with E-state index in [1.807, 2.05) is 25.1 Å². The average molecular weight is 242 g/mol. The Labute approximate surface area is 107 Å². The van der Waals surface area contributed by atoms with Gasteiger partial charge in [-0.05, 0) is 35.7 Å². The van der Waals surface area contributed by atoms with Gasteiger partial charge in [-0.2, -0.15) is 0 Å². The standard InChI is InChI=1S/C16H18O2/c1-16(17,15-8-9-18-11-15)14-7-6-12-4-2-3-5-13(12)10-14/h2-7,10,15,17H,8-9,11H2,1H3. The van der Waals surface area contributed by atoms with E-state index < -0.39 is 5.60 Å². The first-order chi connectivity index (χ1) is 8.68. The molecule has 1 saturated heterocycles. The monoisotopic (exact) mass is 242 g/mol. The molecular weight excluding hydrogens is 224 g/mol. The molecule has 1 fully saturated rings. The quantitative estimate of drug-likeness (QED) is 0.877. The van der Waals surface area contributed by atoms with Gasteiger partial charge in [0.15, 0.2) is 0 Å². The van der Waals surface area contributed by atoms with E-state index >= 15 is 0 Å². The van der Waals surface area contributed by atoms with E-state index in [-0.39, 0.29) is 5.92 Å². The van der Waals surface area contributed by atoms with Crippen molar-refractivity contribution in [1.82, 2.24) is 0 Å². The molecule has 0 amide bonds. The number of benzene rings is 2. The molecule has 2 aromatic carbocycles. The third-order valence-corrected chi connectivity index (χ3v) is 4.06. The second-order valence-corrected chi connectivity index (χ2v) is 5.27. The van der Waals surface area contributed by atoms with Gasteiger partial charge in [0.25, 0.3) is 0 Å². The highest BCUT2D eigenvalue weighted by molar-refractivity contribution is 5.83. The molecule has 0 spiro atoms. The van der Waals surface area contributed by atoms with Crippen molar-refractivity contribution in [1.29, 1.82) is 0 Å². The first-order valence-corrected chi connectivity index (χ1v) is 6.47. The van der Waals surface area contributed by atoms with Crippen molar-refractivity contribution in [2.24, 2.45) is 5.92 Å². The van der Waals surface area contributed by atoms with Crippen LogP contribution in [-0.4, -0.2) is 18.3 Å². The average Bonchev–Trinajstić information content (AvgIpc) is 2.92. The largest absolute Gasteiger partial charge is 0.385 e. The number of aliphatic hydroxyl groups is 1. The van der Waals surface area contributed by atoms with Gasteiger partial charge >= 0.3 is 0 Å². The Hall–Kier alpha value is -1.38. The first-order valence-electron chi connectivity index (χ1n) is 6.47. The summed E-state index contributed by atoms with van der Waals surface area (Å²) in [6.45, 7) is 3.31. The van der Waals surface area contributed by atoms with E-state index in [0.717, 1.165) is 18.6 Å². The van der Waals surface area contributed by atoms with Crippen LogP contribution in [0.5, 0.6) is 0 Å². The zero-order valence-electron chi connectivity index (χ0n) is 10.6. The Bertz CT molecular complexity index is 554. The Balaban J connectivity index is 2.02. The van der Waals surface area contributed by atoms with Crippen molar-refractivity contribution >= 4 is 10.8 Å². The minimum Gasteiger partial charge on any atom is -0.385 e. The van der Waals surface area contributed by atoms with Crippen LogP contribution in [0.1, 0.15) is 18.9 Å². The molecule has 2 heteroatoms. The molecule has 1 aliphatic rings. The summed E-state index contributed by atoms with van der Waals surface area (Å²) in [7, 11) is 0. The van der Waals surface area contributed by atoms with Gasteiger partial charge in [-0.15, -0.1) is 0 Å². The molecule has 1 N–H and O–H groups in total. The van der Waals surface area contributed by atoms with Crippen LogP contribution in [0.3, 0.4) is 0 Å². The Morgan fingerprint density at radius 1 is 1.17 bits per heavy atom. The Kier molecular flexibility index (Phi) is 2.84. The molecule has 0 aromatic heterocycles. The molecule has 2 aromatic rings. The van der Waals surface area contributed by atoms with Crippen molar-refractivity contribution in [3.8, 4) is 0 Å². The first kappa shape index (κ1) is 11.7. The van der Waals surface area contributed by atoms with Crippen molar-refractivity contribution in [2.75, 3.05) is 13.2 Å². The molecule has 0 saturated carbocycles. The summed E-state index contributed by atoms with van der Waals surface area (Å²) < 4.78 is 5.39. The van der Waals surface area contributed by atoms with Gasteiger partial charge in [0.1, 0.15) is 0 Å². The minimum absolute atomic E-state index is 0.193. The van der Waals surface area contributed by atoms with E-state index in [1.165, 1.54) is 10.8 Å². The molecule has 3 rings (SSSR count). The van der Waals surface area contributed by atoms with Gasteiger partial charge in [0, 0.05) is 12.5 Å². The zero-order chi connectivity index (χ0) is 12.6. The summed E-state index contributed by atoms with van der Waals surface area (Å²) in [5.74, 6) is 0.193. The lowest BCUT2D eigenvalue weighted by Crippen LogP contribution is -2.32. The van der Waals surface area contributed by atoms with E-state index in [0.29, 0.717) is 6.61 Å². The molecule has 0 bridgehead atoms. The highest BCUT2D eigenvalue weighted by atomic mass is 16.5. The molecular formula is C16H18O2. The molecule has 0 aliphatic carbocycles. The van der Waals surface area contributed by atoms with Gasteiger partial charge in [-0.1, -0.05) is 36.4 Å². The lowest BCUT2D eigenvalue weighted by molar-refractivity contribution is -0.00960. The molecule has 0 radical (unpaired) electrons. The van der Waals surface area contributed by atoms with Gasteiger partial charge in [0.2, 0.25) is 0 Å². The van der Waals surface area contributed by atoms with Crippen molar-refractivity contribution in [2.45, 2.75) is 18.9 Å². The molecule has 18 heavy (non-hydrogen) atoms. The zero-order valence-corrected chi connectivity index (χ0v) is 10.6. The number of hydrogen-bond donors (Lipinski definition) is 1. The van der Waals surface area contributed by atoms with E-state index in [4.69, 9.17) is 4.74 Å². The van der Waals surface area contributed by atoms with Crippen LogP contribution in [0.25, 0.3) is 10.8 Å². The van der Waals surface area contributed by atoms with E-state index in [1.54, 1.807) is 0 Å². The van der Waals surface area contributed by atoms with Gasteiger partial charge in [0.05, 0.1) is 12.2 Å². The van der Waals surface area contributed by atoms with Crippen LogP contribution < -0.4 is 0 Å². The number of rotatable bonds is 2. The van der Waals surface area contributed by atoms with Gasteiger partial charge in [-0.3, -0.25) is 0 Å². The van der Waals surface area contributed by atoms with Crippen LogP contribution in [0.15, 0.2) is 42.5 Å². The maximum atomic E-state index is 10.8. The second-order valence-electron chi connectivity index (χ2n) is 5.27. The van der Waals surface area contributed by atoms with Crippen LogP contribution >= 0.6 is 0 Å². The summed E-state index contributed by atoms with van der Waals surface area (Å²) in [4.78, 5) is 0. The number of hydrogen-bond acceptors (Lipinski definition) is 2. The lowest BCUT2D eigenvalue weighted by atomic mass is 9.82. The van der Waals surface area contributed by atoms with Crippen molar-refractivity contribution < 1.29 is 9.84 Å². The summed E-state index contributed by atoms with van der Waals surface area (Å²) in [5, 5.41) is 13.1. The predicted octanol–water partition coefficient (Wildman–Crippen LogP) is 3.08. The maximum Gasteiger partial charge on any atom is 0.0919 e. The topological polar surface area (TPSA) is 29.5 Å². The van der Waals surface area contributed by atoms with Crippen LogP contribution in [0.4, 0.5) is 0 Å². The molecule has 2 unspecified atom stereocenters. The highest BCUT2D eigenvalue weighted by Crippen LogP contribution is 2.35. The SMILES string of the molecule is CC(O)(c1ccc2ccccc2c1)C1CCOC1. The third-order valence-electron chi connectivity index (χ3n) is 4.06. The van der Waals surface area contributed by atoms with Crippen LogP contribution in [-0.2, 0) is 10.3 Å². The molecule has 94 valence electrons. The van der Waals surface area contributed by atoms with E-state index in [9.17, 15) is 5.11 Å². The molecule has 1 aliphatic heterocycles. The van der Waals surface area contributed by atoms with Crippen molar-refractivity contribution in [3.63, 3.8) is 0 Å². The molecule has 2 nitrogen and oxygen atoms in total. The highest BCUT2D eigenvalue weighted by Gasteiger charge is 2.36. The second kappa shape index (κ2) is 4.38. The minimum atomic E-state index is -0.805.